The van der Waals surface area contributed by atoms with Gasteiger partial charge in [-0.15, -0.1) is 0 Å². The number of rotatable bonds is 6. The second kappa shape index (κ2) is 7.96. The molecule has 0 spiro atoms. The van der Waals surface area contributed by atoms with Crippen LogP contribution in [0.15, 0.2) is 0 Å². The number of aliphatic hydroxyl groups is 1. The molecule has 1 aliphatic carbocycles. The quantitative estimate of drug-likeness (QED) is 0.702. The molecule has 0 radical (unpaired) electrons. The molecule has 1 aliphatic rings. The minimum atomic E-state index is 0.196. The summed E-state index contributed by atoms with van der Waals surface area (Å²) in [5, 5.41) is 12.1. The van der Waals surface area contributed by atoms with Gasteiger partial charge in [-0.1, -0.05) is 0 Å². The van der Waals surface area contributed by atoms with Gasteiger partial charge in [0.25, 0.3) is 0 Å². The minimum absolute atomic E-state index is 0.196. The number of carbonyl (C=O) groups is 1. The molecule has 0 aromatic rings. The Hall–Kier alpha value is -0.220. The summed E-state index contributed by atoms with van der Waals surface area (Å²) in [7, 11) is 0. The summed E-state index contributed by atoms with van der Waals surface area (Å²) in [5.41, 5.74) is 0. The maximum Gasteiger partial charge on any atom is 0.220 e. The number of carbonyl (C=O) groups excluding carboxylic acids is 1. The molecule has 3 nitrogen and oxygen atoms in total. The maximum absolute atomic E-state index is 11.6. The van der Waals surface area contributed by atoms with Gasteiger partial charge in [-0.05, 0) is 50.0 Å². The van der Waals surface area contributed by atoms with E-state index in [1.54, 1.807) is 11.8 Å². The van der Waals surface area contributed by atoms with Crippen LogP contribution in [0.1, 0.15) is 38.5 Å². The van der Waals surface area contributed by atoms with E-state index < -0.39 is 0 Å². The van der Waals surface area contributed by atoms with Crippen molar-refractivity contribution in [1.82, 2.24) is 5.32 Å². The molecule has 1 saturated carbocycles. The highest BCUT2D eigenvalue weighted by atomic mass is 32.2. The molecular weight excluding hydrogens is 222 g/mol. The Morgan fingerprint density at radius 1 is 1.38 bits per heavy atom. The van der Waals surface area contributed by atoms with E-state index in [9.17, 15) is 4.79 Å². The highest BCUT2D eigenvalue weighted by Gasteiger charge is 2.21. The molecule has 0 aromatic carbocycles. The third-order valence-electron chi connectivity index (χ3n) is 3.22. The smallest absolute Gasteiger partial charge is 0.220 e. The predicted octanol–water partition coefficient (Wildman–Crippen LogP) is 1.80. The maximum atomic E-state index is 11.6. The largest absolute Gasteiger partial charge is 0.396 e. The van der Waals surface area contributed by atoms with Crippen molar-refractivity contribution in [3.63, 3.8) is 0 Å². The topological polar surface area (TPSA) is 49.3 Å². The number of amides is 1. The van der Waals surface area contributed by atoms with Crippen LogP contribution >= 0.6 is 11.8 Å². The first kappa shape index (κ1) is 13.8. The Morgan fingerprint density at radius 3 is 2.62 bits per heavy atom. The minimum Gasteiger partial charge on any atom is -0.396 e. The molecule has 0 bridgehead atoms. The number of hydrogen-bond acceptors (Lipinski definition) is 3. The van der Waals surface area contributed by atoms with Crippen molar-refractivity contribution in [2.24, 2.45) is 5.92 Å². The van der Waals surface area contributed by atoms with E-state index in [1.165, 1.54) is 0 Å². The molecule has 0 atom stereocenters. The molecule has 0 saturated heterocycles. The fraction of sp³-hybridized carbons (Fsp3) is 0.917. The zero-order chi connectivity index (χ0) is 11.8. The van der Waals surface area contributed by atoms with E-state index in [0.29, 0.717) is 25.0 Å². The van der Waals surface area contributed by atoms with Gasteiger partial charge < -0.3 is 10.4 Å². The second-order valence-corrected chi connectivity index (χ2v) is 5.55. The number of hydrogen-bond donors (Lipinski definition) is 2. The highest BCUT2D eigenvalue weighted by molar-refractivity contribution is 7.98. The SMILES string of the molecule is CSCCCC(=O)NC1CCC(CO)CC1. The zero-order valence-corrected chi connectivity index (χ0v) is 10.9. The molecule has 16 heavy (non-hydrogen) atoms. The summed E-state index contributed by atoms with van der Waals surface area (Å²) in [4.78, 5) is 11.6. The summed E-state index contributed by atoms with van der Waals surface area (Å²) in [6.45, 7) is 0.300. The van der Waals surface area contributed by atoms with Gasteiger partial charge in [0.1, 0.15) is 0 Å². The van der Waals surface area contributed by atoms with Gasteiger partial charge in [0.05, 0.1) is 0 Å². The Balaban J connectivity index is 2.10. The van der Waals surface area contributed by atoms with Gasteiger partial charge in [-0.25, -0.2) is 0 Å². The van der Waals surface area contributed by atoms with Crippen LogP contribution in [0.25, 0.3) is 0 Å². The normalized spacial score (nSPS) is 25.4. The van der Waals surface area contributed by atoms with Crippen molar-refractivity contribution < 1.29 is 9.90 Å². The average Bonchev–Trinajstić information content (AvgIpc) is 2.30. The van der Waals surface area contributed by atoms with Crippen molar-refractivity contribution in [3.8, 4) is 0 Å². The van der Waals surface area contributed by atoms with Crippen LogP contribution in [-0.2, 0) is 4.79 Å². The van der Waals surface area contributed by atoms with E-state index in [4.69, 9.17) is 5.11 Å². The number of thioether (sulfide) groups is 1. The van der Waals surface area contributed by atoms with Crippen LogP contribution in [0.5, 0.6) is 0 Å². The number of aliphatic hydroxyl groups excluding tert-OH is 1. The molecule has 0 heterocycles. The second-order valence-electron chi connectivity index (χ2n) is 4.56. The third kappa shape index (κ3) is 5.21. The summed E-state index contributed by atoms with van der Waals surface area (Å²) in [5.74, 6) is 1.72. The predicted molar refractivity (Wildman–Crippen MR) is 68.6 cm³/mol. The first-order valence-corrected chi connectivity index (χ1v) is 7.54. The Bertz CT molecular complexity index is 203. The first-order chi connectivity index (χ1) is 7.76. The molecule has 0 aliphatic heterocycles. The molecule has 0 unspecified atom stereocenters. The van der Waals surface area contributed by atoms with E-state index in [0.717, 1.165) is 37.9 Å². The lowest BCUT2D eigenvalue weighted by atomic mass is 9.86. The number of nitrogens with one attached hydrogen (secondary N) is 1. The first-order valence-electron chi connectivity index (χ1n) is 6.15. The summed E-state index contributed by atoms with van der Waals surface area (Å²) in [6.07, 6.45) is 7.84. The van der Waals surface area contributed by atoms with E-state index in [2.05, 4.69) is 11.6 Å². The van der Waals surface area contributed by atoms with Gasteiger partial charge in [0.2, 0.25) is 5.91 Å². The molecule has 2 N–H and O–H groups in total. The molecule has 94 valence electrons. The monoisotopic (exact) mass is 245 g/mol. The van der Waals surface area contributed by atoms with Gasteiger partial charge in [-0.3, -0.25) is 4.79 Å². The van der Waals surface area contributed by atoms with Crippen molar-refractivity contribution in [2.45, 2.75) is 44.6 Å². The van der Waals surface area contributed by atoms with Crippen LogP contribution in [0.4, 0.5) is 0 Å². The van der Waals surface area contributed by atoms with Crippen molar-refractivity contribution >= 4 is 17.7 Å². The van der Waals surface area contributed by atoms with Crippen LogP contribution in [0.3, 0.4) is 0 Å². The van der Waals surface area contributed by atoms with Crippen LogP contribution < -0.4 is 5.32 Å². The van der Waals surface area contributed by atoms with E-state index in [-0.39, 0.29) is 5.91 Å². The molecule has 4 heteroatoms. The van der Waals surface area contributed by atoms with Gasteiger partial charge >= 0.3 is 0 Å². The van der Waals surface area contributed by atoms with Crippen LogP contribution in [-0.4, -0.2) is 35.7 Å². The standard InChI is InChI=1S/C12H23NO2S/c1-16-8-2-3-12(15)13-11-6-4-10(9-14)5-7-11/h10-11,14H,2-9H2,1H3,(H,13,15). The average molecular weight is 245 g/mol. The van der Waals surface area contributed by atoms with E-state index in [1.807, 2.05) is 0 Å². The Kier molecular flexibility index (Phi) is 6.88. The Morgan fingerprint density at radius 2 is 2.06 bits per heavy atom. The van der Waals surface area contributed by atoms with Gasteiger partial charge in [0, 0.05) is 19.1 Å². The third-order valence-corrected chi connectivity index (χ3v) is 3.92. The fourth-order valence-electron chi connectivity index (χ4n) is 2.17. The van der Waals surface area contributed by atoms with Crippen molar-refractivity contribution in [3.05, 3.63) is 0 Å². The van der Waals surface area contributed by atoms with E-state index >= 15 is 0 Å². The van der Waals surface area contributed by atoms with Crippen molar-refractivity contribution in [2.75, 3.05) is 18.6 Å². The molecular formula is C12H23NO2S. The van der Waals surface area contributed by atoms with Gasteiger partial charge in [0.15, 0.2) is 0 Å². The summed E-state index contributed by atoms with van der Waals surface area (Å²) >= 11 is 1.79. The summed E-state index contributed by atoms with van der Waals surface area (Å²) < 4.78 is 0. The van der Waals surface area contributed by atoms with Crippen LogP contribution in [0, 0.1) is 5.92 Å². The van der Waals surface area contributed by atoms with Crippen LogP contribution in [0.2, 0.25) is 0 Å². The lowest BCUT2D eigenvalue weighted by Crippen LogP contribution is -2.38. The lowest BCUT2D eigenvalue weighted by Gasteiger charge is -2.27. The molecule has 1 amide bonds. The highest BCUT2D eigenvalue weighted by Crippen LogP contribution is 2.23. The molecule has 0 aromatic heterocycles. The molecule has 1 rings (SSSR count). The van der Waals surface area contributed by atoms with Gasteiger partial charge in [-0.2, -0.15) is 11.8 Å². The zero-order valence-electron chi connectivity index (χ0n) is 10.1. The summed E-state index contributed by atoms with van der Waals surface area (Å²) in [6, 6.07) is 0.351. The van der Waals surface area contributed by atoms with Crippen molar-refractivity contribution in [1.29, 1.82) is 0 Å². The fourth-order valence-corrected chi connectivity index (χ4v) is 2.60. The molecule has 1 fully saturated rings. The Labute approximate surface area is 102 Å². The lowest BCUT2D eigenvalue weighted by molar-refractivity contribution is -0.122.